The number of carbonyl (C=O) groups excluding carboxylic acids is 2. The topological polar surface area (TPSA) is 137 Å². The summed E-state index contributed by atoms with van der Waals surface area (Å²) in [7, 11) is 4.62. The number of nitrogens with zero attached hydrogens (tertiary/aromatic N) is 3. The van der Waals surface area contributed by atoms with Gasteiger partial charge in [-0.2, -0.15) is 15.2 Å². The molecule has 0 radical (unpaired) electrons. The monoisotopic (exact) mass is 572 g/mol. The van der Waals surface area contributed by atoms with Gasteiger partial charge in [-0.3, -0.25) is 10.2 Å². The zero-order valence-corrected chi connectivity index (χ0v) is 23.9. The minimum atomic E-state index is -0.813. The van der Waals surface area contributed by atoms with Crippen molar-refractivity contribution < 1.29 is 37.4 Å². The van der Waals surface area contributed by atoms with E-state index in [0.29, 0.717) is 50.6 Å². The number of benzene rings is 2. The number of nitrogens with one attached hydrogen (secondary N) is 1. The summed E-state index contributed by atoms with van der Waals surface area (Å²) in [5, 5.41) is 11.5. The van der Waals surface area contributed by atoms with E-state index < -0.39 is 11.9 Å². The van der Waals surface area contributed by atoms with Gasteiger partial charge in [0.05, 0.1) is 38.9 Å². The smallest absolute Gasteiger partial charge is 0.345 e. The van der Waals surface area contributed by atoms with Gasteiger partial charge in [0.25, 0.3) is 5.91 Å². The molecule has 4 aromatic rings. The Bertz CT molecular complexity index is 1860. The molecule has 2 aromatic carbocycles. The quantitative estimate of drug-likeness (QED) is 0.248. The zero-order chi connectivity index (χ0) is 29.7. The normalized spacial score (nSPS) is 14.5. The van der Waals surface area contributed by atoms with Crippen LogP contribution >= 0.6 is 0 Å². The maximum Gasteiger partial charge on any atom is 0.345 e. The molecule has 2 aliphatic heterocycles. The van der Waals surface area contributed by atoms with Crippen LogP contribution < -0.4 is 19.6 Å². The van der Waals surface area contributed by atoms with Crippen molar-refractivity contribution in [1.29, 1.82) is 0 Å². The lowest BCUT2D eigenvalue weighted by molar-refractivity contribution is -0.141. The summed E-state index contributed by atoms with van der Waals surface area (Å²) in [5.41, 5.74) is 4.91. The molecule has 0 saturated carbocycles. The highest BCUT2D eigenvalue weighted by Gasteiger charge is 2.40. The second kappa shape index (κ2) is 10.3. The van der Waals surface area contributed by atoms with E-state index in [9.17, 15) is 9.59 Å². The fourth-order valence-corrected chi connectivity index (χ4v) is 5.02. The molecule has 1 amide bonds. The number of furan rings is 2. The minimum Gasteiger partial charge on any atom is -0.495 e. The number of amidine groups is 1. The Morgan fingerprint density at radius 3 is 2.45 bits per heavy atom. The van der Waals surface area contributed by atoms with Crippen molar-refractivity contribution in [1.82, 2.24) is 10.4 Å². The maximum atomic E-state index is 13.7. The van der Waals surface area contributed by atoms with Crippen LogP contribution in [0, 0.1) is 0 Å². The Kier molecular flexibility index (Phi) is 6.60. The van der Waals surface area contributed by atoms with Crippen LogP contribution in [0.15, 0.2) is 61.1 Å². The number of fused-ring (bicyclic) bond motifs is 6. The van der Waals surface area contributed by atoms with Crippen LogP contribution in [0.25, 0.3) is 21.9 Å². The first-order chi connectivity index (χ1) is 20.3. The summed E-state index contributed by atoms with van der Waals surface area (Å²) in [4.78, 5) is 26.4. The molecule has 0 saturated heterocycles. The van der Waals surface area contributed by atoms with Crippen molar-refractivity contribution in [3.8, 4) is 17.2 Å². The number of carbonyl (C=O) groups is 2. The predicted octanol–water partition coefficient (Wildman–Crippen LogP) is 4.63. The highest BCUT2D eigenvalue weighted by atomic mass is 16.5. The van der Waals surface area contributed by atoms with Crippen molar-refractivity contribution in [2.75, 3.05) is 27.9 Å². The average molecular weight is 573 g/mol. The molecular formula is C30H28N4O8. The third-order valence-corrected chi connectivity index (χ3v) is 7.03. The van der Waals surface area contributed by atoms with Crippen molar-refractivity contribution in [2.45, 2.75) is 26.7 Å². The number of esters is 1. The molecule has 12 nitrogen and oxygen atoms in total. The molecule has 6 rings (SSSR count). The Labute approximate surface area is 240 Å². The van der Waals surface area contributed by atoms with Gasteiger partial charge in [-0.25, -0.2) is 4.79 Å². The van der Waals surface area contributed by atoms with Gasteiger partial charge in [-0.1, -0.05) is 13.8 Å². The molecule has 42 heavy (non-hydrogen) atoms. The summed E-state index contributed by atoms with van der Waals surface area (Å²) in [5.74, 6) is 1.09. The SMILES string of the molecule is CCOC(=O)C1=CNN=C2c3oc4cc(OC)c(OC)cc4c3C(c3ccc4oc(C(C)C)cc4c3OC)=NN2C1=O. The fraction of sp³-hybridized carbons (Fsp3) is 0.267. The third-order valence-electron chi connectivity index (χ3n) is 7.03. The Morgan fingerprint density at radius 1 is 1.00 bits per heavy atom. The highest BCUT2D eigenvalue weighted by Crippen LogP contribution is 2.42. The van der Waals surface area contributed by atoms with Crippen LogP contribution in [0.5, 0.6) is 17.2 Å². The van der Waals surface area contributed by atoms with Gasteiger partial charge >= 0.3 is 5.97 Å². The number of amides is 1. The summed E-state index contributed by atoms with van der Waals surface area (Å²) in [6, 6.07) is 9.03. The lowest BCUT2D eigenvalue weighted by atomic mass is 9.95. The van der Waals surface area contributed by atoms with Crippen LogP contribution in [0.2, 0.25) is 0 Å². The fourth-order valence-electron chi connectivity index (χ4n) is 5.02. The molecule has 0 spiro atoms. The number of hydrogen-bond donors (Lipinski definition) is 1. The van der Waals surface area contributed by atoms with Gasteiger partial charge in [-0.15, -0.1) is 0 Å². The van der Waals surface area contributed by atoms with E-state index in [-0.39, 0.29) is 29.7 Å². The first-order valence-electron chi connectivity index (χ1n) is 13.2. The summed E-state index contributed by atoms with van der Waals surface area (Å²) in [6.45, 7) is 5.81. The van der Waals surface area contributed by atoms with E-state index >= 15 is 0 Å². The Balaban J connectivity index is 1.64. The van der Waals surface area contributed by atoms with Crippen molar-refractivity contribution >= 4 is 45.4 Å². The largest absolute Gasteiger partial charge is 0.495 e. The Morgan fingerprint density at radius 2 is 1.76 bits per heavy atom. The average Bonchev–Trinajstić information content (AvgIpc) is 3.55. The van der Waals surface area contributed by atoms with E-state index in [1.807, 2.05) is 32.0 Å². The molecule has 2 aromatic heterocycles. The summed E-state index contributed by atoms with van der Waals surface area (Å²) >= 11 is 0. The lowest BCUT2D eigenvalue weighted by Crippen LogP contribution is -2.39. The van der Waals surface area contributed by atoms with E-state index in [0.717, 1.165) is 16.2 Å². The first-order valence-corrected chi connectivity index (χ1v) is 13.2. The van der Waals surface area contributed by atoms with Gasteiger partial charge in [0, 0.05) is 29.1 Å². The zero-order valence-electron chi connectivity index (χ0n) is 23.9. The van der Waals surface area contributed by atoms with E-state index in [4.69, 9.17) is 32.9 Å². The molecule has 12 heteroatoms. The molecule has 0 fully saturated rings. The van der Waals surface area contributed by atoms with Crippen LogP contribution in [0.1, 0.15) is 49.3 Å². The molecule has 2 aliphatic rings. The van der Waals surface area contributed by atoms with Crippen LogP contribution in [-0.4, -0.2) is 56.4 Å². The van der Waals surface area contributed by atoms with Crippen molar-refractivity contribution in [3.63, 3.8) is 0 Å². The molecule has 216 valence electrons. The van der Waals surface area contributed by atoms with Crippen LogP contribution in [0.4, 0.5) is 0 Å². The molecule has 4 heterocycles. The lowest BCUT2D eigenvalue weighted by Gasteiger charge is -2.24. The molecule has 1 N–H and O–H groups in total. The van der Waals surface area contributed by atoms with Gasteiger partial charge < -0.3 is 27.8 Å². The van der Waals surface area contributed by atoms with Gasteiger partial charge in [0.2, 0.25) is 5.84 Å². The minimum absolute atomic E-state index is 0.0499. The van der Waals surface area contributed by atoms with Crippen LogP contribution in [-0.2, 0) is 14.3 Å². The number of ether oxygens (including phenoxy) is 4. The predicted molar refractivity (Wildman–Crippen MR) is 153 cm³/mol. The van der Waals surface area contributed by atoms with Crippen molar-refractivity contribution in [3.05, 3.63) is 64.8 Å². The molecule has 0 unspecified atom stereocenters. The molecule has 0 aliphatic carbocycles. The highest BCUT2D eigenvalue weighted by molar-refractivity contribution is 6.32. The standard InChI is InChI=1S/C30H28N4O8/c1-7-40-30(36)18-13-31-32-28-27-24(16-10-22(37-4)23(38-5)12-21(16)42-27)25(33-34(28)29(18)35)15-8-9-19-17(26(15)39-6)11-20(41-19)14(2)3/h8-14,31H,7H2,1-6H3. The maximum absolute atomic E-state index is 13.7. The Hall–Kier alpha value is -5.26. The van der Waals surface area contributed by atoms with E-state index in [1.54, 1.807) is 26.2 Å². The van der Waals surface area contributed by atoms with Crippen molar-refractivity contribution in [2.24, 2.45) is 10.2 Å². The van der Waals surface area contributed by atoms with Gasteiger partial charge in [0.1, 0.15) is 34.0 Å². The van der Waals surface area contributed by atoms with Gasteiger partial charge in [0.15, 0.2) is 17.3 Å². The first kappa shape index (κ1) is 26.9. The molecule has 0 bridgehead atoms. The number of rotatable bonds is 7. The number of hydrogen-bond acceptors (Lipinski definition) is 11. The van der Waals surface area contributed by atoms with Crippen LogP contribution in [0.3, 0.4) is 0 Å². The number of methoxy groups -OCH3 is 3. The molecule has 0 atom stereocenters. The van der Waals surface area contributed by atoms with Gasteiger partial charge in [-0.05, 0) is 31.2 Å². The second-order valence-electron chi connectivity index (χ2n) is 9.78. The third kappa shape index (κ3) is 4.06. The summed E-state index contributed by atoms with van der Waals surface area (Å²) in [6.07, 6.45) is 1.18. The number of hydrazone groups is 2. The van der Waals surface area contributed by atoms with E-state index in [2.05, 4.69) is 10.5 Å². The summed E-state index contributed by atoms with van der Waals surface area (Å²) < 4.78 is 34.5. The molecular weight excluding hydrogens is 544 g/mol. The van der Waals surface area contributed by atoms with E-state index in [1.165, 1.54) is 20.4 Å². The second-order valence-corrected chi connectivity index (χ2v) is 9.78.